The number of aromatic carboxylic acids is 1. The molecule has 0 atom stereocenters. The summed E-state index contributed by atoms with van der Waals surface area (Å²) in [5.74, 6) is -1.27. The molecule has 0 saturated heterocycles. The number of hydrogen-bond acceptors (Lipinski definition) is 2. The summed E-state index contributed by atoms with van der Waals surface area (Å²) in [6, 6.07) is 4.52. The Morgan fingerprint density at radius 1 is 1.44 bits per heavy atom. The van der Waals surface area contributed by atoms with Crippen molar-refractivity contribution in [1.29, 1.82) is 0 Å². The molecule has 0 aliphatic rings. The number of nitrogens with zero attached hydrogens (tertiary/aromatic N) is 2. The molecule has 5 heteroatoms. The number of halogens is 1. The molecule has 0 amide bonds. The maximum Gasteiger partial charge on any atom is 0.339 e. The Morgan fingerprint density at radius 3 is 2.72 bits per heavy atom. The number of carbonyl (C=O) groups is 1. The number of aromatic nitrogens is 2. The zero-order valence-electron chi connectivity index (χ0n) is 10.1. The van der Waals surface area contributed by atoms with E-state index in [9.17, 15) is 9.18 Å². The van der Waals surface area contributed by atoms with Gasteiger partial charge in [0.05, 0.1) is 12.2 Å². The topological polar surface area (TPSA) is 55.1 Å². The molecule has 1 N–H and O–H groups in total. The third-order valence-corrected chi connectivity index (χ3v) is 2.81. The van der Waals surface area contributed by atoms with Crippen molar-refractivity contribution in [2.24, 2.45) is 0 Å². The summed E-state index contributed by atoms with van der Waals surface area (Å²) in [6.07, 6.45) is 1.49. The molecule has 1 aromatic heterocycles. The third kappa shape index (κ3) is 2.40. The van der Waals surface area contributed by atoms with Crippen molar-refractivity contribution >= 4 is 5.97 Å². The molecule has 2 rings (SSSR count). The highest BCUT2D eigenvalue weighted by atomic mass is 19.1. The van der Waals surface area contributed by atoms with E-state index in [0.29, 0.717) is 12.2 Å². The first-order valence-electron chi connectivity index (χ1n) is 5.50. The van der Waals surface area contributed by atoms with Crippen LogP contribution in [0.5, 0.6) is 0 Å². The lowest BCUT2D eigenvalue weighted by Gasteiger charge is -2.05. The standard InChI is InChI=1S/C13H13FN2O2/c1-8-5-11(14)4-3-10(8)6-16-7-12(13(17)18)9(2)15-16/h3-5,7H,6H2,1-2H3,(H,17,18). The van der Waals surface area contributed by atoms with Gasteiger partial charge < -0.3 is 5.11 Å². The number of hydrogen-bond donors (Lipinski definition) is 1. The Kier molecular flexibility index (Phi) is 3.14. The number of benzene rings is 1. The van der Waals surface area contributed by atoms with Gasteiger partial charge >= 0.3 is 5.97 Å². The minimum Gasteiger partial charge on any atom is -0.478 e. The van der Waals surface area contributed by atoms with Crippen molar-refractivity contribution < 1.29 is 14.3 Å². The predicted octanol–water partition coefficient (Wildman–Crippen LogP) is 2.39. The fourth-order valence-electron chi connectivity index (χ4n) is 1.82. The smallest absolute Gasteiger partial charge is 0.339 e. The lowest BCUT2D eigenvalue weighted by Crippen LogP contribution is -2.02. The summed E-state index contributed by atoms with van der Waals surface area (Å²) in [7, 11) is 0. The Labute approximate surface area is 104 Å². The average Bonchev–Trinajstić information content (AvgIpc) is 2.64. The second-order valence-corrected chi connectivity index (χ2v) is 4.20. The maximum absolute atomic E-state index is 13.0. The summed E-state index contributed by atoms with van der Waals surface area (Å²) in [6.45, 7) is 3.89. The highest BCUT2D eigenvalue weighted by Crippen LogP contribution is 2.13. The molecule has 18 heavy (non-hydrogen) atoms. The third-order valence-electron chi connectivity index (χ3n) is 2.81. The first-order chi connectivity index (χ1) is 8.47. The van der Waals surface area contributed by atoms with Gasteiger partial charge in [-0.15, -0.1) is 0 Å². The van der Waals surface area contributed by atoms with Crippen LogP contribution in [0.2, 0.25) is 0 Å². The average molecular weight is 248 g/mol. The van der Waals surface area contributed by atoms with E-state index < -0.39 is 5.97 Å². The second-order valence-electron chi connectivity index (χ2n) is 4.20. The van der Waals surface area contributed by atoms with Crippen LogP contribution in [0.15, 0.2) is 24.4 Å². The maximum atomic E-state index is 13.0. The summed E-state index contributed by atoms with van der Waals surface area (Å²) in [5.41, 5.74) is 2.40. The molecular formula is C13H13FN2O2. The quantitative estimate of drug-likeness (QED) is 0.907. The summed E-state index contributed by atoms with van der Waals surface area (Å²) in [5, 5.41) is 13.1. The van der Waals surface area contributed by atoms with Crippen molar-refractivity contribution in [2.75, 3.05) is 0 Å². The van der Waals surface area contributed by atoms with Gasteiger partial charge in [0.15, 0.2) is 0 Å². The first kappa shape index (κ1) is 12.3. The van der Waals surface area contributed by atoms with Crippen molar-refractivity contribution in [2.45, 2.75) is 20.4 Å². The SMILES string of the molecule is Cc1cc(F)ccc1Cn1cc(C(=O)O)c(C)n1. The fraction of sp³-hybridized carbons (Fsp3) is 0.231. The number of carboxylic acid groups (broad SMARTS) is 1. The fourth-order valence-corrected chi connectivity index (χ4v) is 1.82. The summed E-state index contributed by atoms with van der Waals surface area (Å²) >= 11 is 0. The Morgan fingerprint density at radius 2 is 2.17 bits per heavy atom. The predicted molar refractivity (Wildman–Crippen MR) is 64.2 cm³/mol. The molecule has 1 aromatic carbocycles. The second kappa shape index (κ2) is 4.60. The van der Waals surface area contributed by atoms with E-state index in [0.717, 1.165) is 11.1 Å². The van der Waals surface area contributed by atoms with Gasteiger partial charge in [0.25, 0.3) is 0 Å². The largest absolute Gasteiger partial charge is 0.478 e. The monoisotopic (exact) mass is 248 g/mol. The molecule has 2 aromatic rings. The molecular weight excluding hydrogens is 235 g/mol. The molecule has 94 valence electrons. The van der Waals surface area contributed by atoms with E-state index in [-0.39, 0.29) is 11.4 Å². The van der Waals surface area contributed by atoms with Crippen molar-refractivity contribution in [3.05, 3.63) is 52.6 Å². The Bertz CT molecular complexity index is 605. The summed E-state index contributed by atoms with van der Waals surface area (Å²) in [4.78, 5) is 10.9. The van der Waals surface area contributed by atoms with Crippen LogP contribution in [0.1, 0.15) is 27.2 Å². The van der Waals surface area contributed by atoms with Crippen LogP contribution >= 0.6 is 0 Å². The van der Waals surface area contributed by atoms with Gasteiger partial charge in [0, 0.05) is 6.20 Å². The van der Waals surface area contributed by atoms with Gasteiger partial charge in [-0.25, -0.2) is 9.18 Å². The van der Waals surface area contributed by atoms with Gasteiger partial charge in [-0.2, -0.15) is 5.10 Å². The molecule has 0 spiro atoms. The van der Waals surface area contributed by atoms with Crippen LogP contribution in [0.4, 0.5) is 4.39 Å². The van der Waals surface area contributed by atoms with Gasteiger partial charge in [0.2, 0.25) is 0 Å². The van der Waals surface area contributed by atoms with Crippen LogP contribution in [0.25, 0.3) is 0 Å². The zero-order valence-corrected chi connectivity index (χ0v) is 10.1. The first-order valence-corrected chi connectivity index (χ1v) is 5.50. The molecule has 0 fully saturated rings. The Hall–Kier alpha value is -2.17. The highest BCUT2D eigenvalue weighted by Gasteiger charge is 2.12. The lowest BCUT2D eigenvalue weighted by molar-refractivity contribution is 0.0696. The van der Waals surface area contributed by atoms with E-state index >= 15 is 0 Å². The molecule has 0 aliphatic heterocycles. The van der Waals surface area contributed by atoms with Crippen LogP contribution in [-0.4, -0.2) is 20.9 Å². The molecule has 1 heterocycles. The zero-order chi connectivity index (χ0) is 13.3. The van der Waals surface area contributed by atoms with Crippen LogP contribution in [0.3, 0.4) is 0 Å². The van der Waals surface area contributed by atoms with E-state index in [2.05, 4.69) is 5.10 Å². The minimum absolute atomic E-state index is 0.190. The van der Waals surface area contributed by atoms with Crippen molar-refractivity contribution in [3.8, 4) is 0 Å². The number of rotatable bonds is 3. The van der Waals surface area contributed by atoms with Gasteiger partial charge in [0.1, 0.15) is 11.4 Å². The highest BCUT2D eigenvalue weighted by molar-refractivity contribution is 5.88. The van der Waals surface area contributed by atoms with Crippen molar-refractivity contribution in [1.82, 2.24) is 9.78 Å². The van der Waals surface area contributed by atoms with Crippen molar-refractivity contribution in [3.63, 3.8) is 0 Å². The molecule has 0 saturated carbocycles. The van der Waals surface area contributed by atoms with Crippen LogP contribution in [0, 0.1) is 19.7 Å². The molecule has 0 bridgehead atoms. The van der Waals surface area contributed by atoms with Crippen LogP contribution < -0.4 is 0 Å². The van der Waals surface area contributed by atoms with Crippen LogP contribution in [-0.2, 0) is 6.54 Å². The number of aryl methyl sites for hydroxylation is 2. The minimum atomic E-state index is -0.991. The summed E-state index contributed by atoms with van der Waals surface area (Å²) < 4.78 is 14.5. The van der Waals surface area contributed by atoms with Gasteiger partial charge in [-0.05, 0) is 37.1 Å². The number of carboxylic acids is 1. The van der Waals surface area contributed by atoms with Gasteiger partial charge in [-0.3, -0.25) is 4.68 Å². The van der Waals surface area contributed by atoms with E-state index in [1.807, 2.05) is 6.92 Å². The molecule has 0 aliphatic carbocycles. The van der Waals surface area contributed by atoms with E-state index in [1.165, 1.54) is 18.3 Å². The molecule has 0 unspecified atom stereocenters. The molecule has 4 nitrogen and oxygen atoms in total. The van der Waals surface area contributed by atoms with Gasteiger partial charge in [-0.1, -0.05) is 6.07 Å². The van der Waals surface area contributed by atoms with E-state index in [4.69, 9.17) is 5.11 Å². The van der Waals surface area contributed by atoms with E-state index in [1.54, 1.807) is 17.7 Å². The normalized spacial score (nSPS) is 10.6. The molecule has 0 radical (unpaired) electrons. The Balaban J connectivity index is 2.29. The lowest BCUT2D eigenvalue weighted by atomic mass is 10.1.